The molecule has 2 heterocycles. The summed E-state index contributed by atoms with van der Waals surface area (Å²) in [5.74, 6) is -0.926. The summed E-state index contributed by atoms with van der Waals surface area (Å²) in [5, 5.41) is 14.5. The average molecular weight is 334 g/mol. The number of halogens is 2. The number of aromatic amines is 1. The molecule has 1 aliphatic rings. The highest BCUT2D eigenvalue weighted by Gasteiger charge is 2.39. The zero-order valence-corrected chi connectivity index (χ0v) is 12.9. The molecule has 6 nitrogen and oxygen atoms in total. The molecule has 0 spiro atoms. The van der Waals surface area contributed by atoms with E-state index in [4.69, 9.17) is 0 Å². The van der Waals surface area contributed by atoms with Crippen LogP contribution < -0.4 is 5.32 Å². The minimum atomic E-state index is -0.830. The average Bonchev–Trinajstić information content (AvgIpc) is 3.14. The van der Waals surface area contributed by atoms with Gasteiger partial charge in [0.2, 0.25) is 5.65 Å². The van der Waals surface area contributed by atoms with Gasteiger partial charge in [0.1, 0.15) is 0 Å². The minimum absolute atomic E-state index is 0.101. The van der Waals surface area contributed by atoms with Crippen molar-refractivity contribution in [1.29, 1.82) is 0 Å². The van der Waals surface area contributed by atoms with Gasteiger partial charge in [0.05, 0.1) is 0 Å². The second-order valence-electron chi connectivity index (χ2n) is 5.32. The molecule has 0 unspecified atom stereocenters. The smallest absolute Gasteiger partial charge is 0.207 e. The van der Waals surface area contributed by atoms with Crippen LogP contribution in [0.1, 0.15) is 17.9 Å². The zero-order chi connectivity index (χ0) is 16.0. The van der Waals surface area contributed by atoms with E-state index in [0.29, 0.717) is 22.1 Å². The highest BCUT2D eigenvalue weighted by Crippen LogP contribution is 2.43. The largest absolute Gasteiger partial charge is 0.365 e. The number of nitrogens with one attached hydrogen (secondary N) is 2. The number of H-pyrrole nitrogens is 1. The van der Waals surface area contributed by atoms with Crippen molar-refractivity contribution in [2.24, 2.45) is 0 Å². The van der Waals surface area contributed by atoms with Gasteiger partial charge in [-0.3, -0.25) is 0 Å². The molecule has 1 aliphatic carbocycles. The Labute approximate surface area is 134 Å². The van der Waals surface area contributed by atoms with Crippen molar-refractivity contribution in [3.05, 3.63) is 35.4 Å². The molecule has 1 aromatic carbocycles. The van der Waals surface area contributed by atoms with Crippen molar-refractivity contribution < 1.29 is 8.78 Å². The highest BCUT2D eigenvalue weighted by molar-refractivity contribution is 7.98. The Morgan fingerprint density at radius 1 is 1.22 bits per heavy atom. The second kappa shape index (κ2) is 5.41. The first-order valence-corrected chi connectivity index (χ1v) is 8.22. The van der Waals surface area contributed by atoms with E-state index in [0.717, 1.165) is 18.1 Å². The molecule has 1 fully saturated rings. The van der Waals surface area contributed by atoms with Crippen LogP contribution in [0, 0.1) is 11.6 Å². The lowest BCUT2D eigenvalue weighted by molar-refractivity contribution is 0.507. The van der Waals surface area contributed by atoms with Crippen LogP contribution in [-0.2, 0) is 0 Å². The fourth-order valence-electron chi connectivity index (χ4n) is 2.56. The molecule has 2 N–H and O–H groups in total. The van der Waals surface area contributed by atoms with E-state index in [2.05, 4.69) is 30.7 Å². The molecule has 0 aliphatic heterocycles. The van der Waals surface area contributed by atoms with E-state index < -0.39 is 11.6 Å². The third kappa shape index (κ3) is 2.61. The molecule has 0 radical (unpaired) electrons. The number of hydrogen-bond donors (Lipinski definition) is 2. The van der Waals surface area contributed by atoms with E-state index in [1.54, 1.807) is 6.07 Å². The topological polar surface area (TPSA) is 79.4 Å². The van der Waals surface area contributed by atoms with Crippen molar-refractivity contribution in [1.82, 2.24) is 25.4 Å². The fourth-order valence-corrected chi connectivity index (χ4v) is 2.92. The van der Waals surface area contributed by atoms with Crippen molar-refractivity contribution in [2.75, 3.05) is 11.6 Å². The SMILES string of the molecule is CSc1nc(N[C@@H]2C[C@H]2c2ccc(F)c(F)c2)c2n[nH]nc2n1. The Kier molecular flexibility index (Phi) is 3.37. The van der Waals surface area contributed by atoms with Gasteiger partial charge in [-0.1, -0.05) is 17.8 Å². The molecule has 0 amide bonds. The summed E-state index contributed by atoms with van der Waals surface area (Å²) >= 11 is 1.41. The van der Waals surface area contributed by atoms with Gasteiger partial charge in [0, 0.05) is 12.0 Å². The normalized spacial score (nSPS) is 20.0. The third-order valence-corrected chi connectivity index (χ3v) is 4.38. The molecule has 4 rings (SSSR count). The van der Waals surface area contributed by atoms with Gasteiger partial charge in [-0.25, -0.2) is 13.8 Å². The Morgan fingerprint density at radius 2 is 2.09 bits per heavy atom. The van der Waals surface area contributed by atoms with Gasteiger partial charge in [0.15, 0.2) is 28.1 Å². The third-order valence-electron chi connectivity index (χ3n) is 3.83. The maximum atomic E-state index is 13.3. The summed E-state index contributed by atoms with van der Waals surface area (Å²) in [6.45, 7) is 0. The summed E-state index contributed by atoms with van der Waals surface area (Å²) in [6.07, 6.45) is 2.70. The predicted molar refractivity (Wildman–Crippen MR) is 82.4 cm³/mol. The summed E-state index contributed by atoms with van der Waals surface area (Å²) in [7, 11) is 0. The van der Waals surface area contributed by atoms with Crippen molar-refractivity contribution >= 4 is 28.7 Å². The van der Waals surface area contributed by atoms with Gasteiger partial charge in [-0.05, 0) is 30.4 Å². The van der Waals surface area contributed by atoms with Crippen molar-refractivity contribution in [2.45, 2.75) is 23.5 Å². The molecule has 2 aromatic heterocycles. The Hall–Kier alpha value is -2.29. The number of nitrogens with zero attached hydrogens (tertiary/aromatic N) is 4. The molecule has 118 valence electrons. The Bertz CT molecular complexity index is 883. The molecule has 1 saturated carbocycles. The lowest BCUT2D eigenvalue weighted by Gasteiger charge is -2.07. The van der Waals surface area contributed by atoms with Crippen LogP contribution >= 0.6 is 11.8 Å². The first-order chi connectivity index (χ1) is 11.2. The van der Waals surface area contributed by atoms with Crippen LogP contribution in [0.2, 0.25) is 0 Å². The van der Waals surface area contributed by atoms with Gasteiger partial charge in [-0.2, -0.15) is 15.3 Å². The van der Waals surface area contributed by atoms with E-state index in [-0.39, 0.29) is 12.0 Å². The lowest BCUT2D eigenvalue weighted by Crippen LogP contribution is -2.08. The van der Waals surface area contributed by atoms with Crippen LogP contribution in [0.15, 0.2) is 23.4 Å². The monoisotopic (exact) mass is 334 g/mol. The lowest BCUT2D eigenvalue weighted by atomic mass is 10.1. The minimum Gasteiger partial charge on any atom is -0.365 e. The molecule has 3 aromatic rings. The molecule has 23 heavy (non-hydrogen) atoms. The van der Waals surface area contributed by atoms with Crippen LogP contribution in [0.4, 0.5) is 14.6 Å². The molecular weight excluding hydrogens is 322 g/mol. The van der Waals surface area contributed by atoms with E-state index in [9.17, 15) is 8.78 Å². The van der Waals surface area contributed by atoms with Gasteiger partial charge >= 0.3 is 0 Å². The number of thioether (sulfide) groups is 1. The standard InChI is InChI=1S/C14H12F2N6S/c1-23-14-18-12(11-13(19-14)21-22-20-11)17-10-5-7(10)6-2-3-8(15)9(16)4-6/h2-4,7,10H,5H2,1H3,(H2,17,18,19,20,21,22)/t7-,10+/m0/s1. The number of anilines is 1. The number of rotatable bonds is 4. The fraction of sp³-hybridized carbons (Fsp3) is 0.286. The molecule has 9 heteroatoms. The number of fused-ring (bicyclic) bond motifs is 1. The number of hydrogen-bond acceptors (Lipinski definition) is 6. The Morgan fingerprint density at radius 3 is 2.87 bits per heavy atom. The van der Waals surface area contributed by atoms with Gasteiger partial charge in [-0.15, -0.1) is 5.10 Å². The maximum absolute atomic E-state index is 13.3. The van der Waals surface area contributed by atoms with Gasteiger partial charge in [0.25, 0.3) is 0 Å². The summed E-state index contributed by atoms with van der Waals surface area (Å²) in [6, 6.07) is 4.13. The summed E-state index contributed by atoms with van der Waals surface area (Å²) in [4.78, 5) is 8.67. The van der Waals surface area contributed by atoms with Crippen molar-refractivity contribution in [3.63, 3.8) is 0 Å². The molecule has 0 saturated heterocycles. The van der Waals surface area contributed by atoms with Crippen LogP contribution in [0.5, 0.6) is 0 Å². The first-order valence-electron chi connectivity index (χ1n) is 6.99. The van der Waals surface area contributed by atoms with Crippen LogP contribution in [0.25, 0.3) is 11.2 Å². The zero-order valence-electron chi connectivity index (χ0n) is 12.0. The maximum Gasteiger partial charge on any atom is 0.207 e. The number of benzene rings is 1. The van der Waals surface area contributed by atoms with Crippen molar-refractivity contribution in [3.8, 4) is 0 Å². The van der Waals surface area contributed by atoms with E-state index >= 15 is 0 Å². The quantitative estimate of drug-likeness (QED) is 0.564. The Balaban J connectivity index is 1.58. The first kappa shape index (κ1) is 14.3. The highest BCUT2D eigenvalue weighted by atomic mass is 32.2. The number of aromatic nitrogens is 5. The summed E-state index contributed by atoms with van der Waals surface area (Å²) < 4.78 is 26.4. The van der Waals surface area contributed by atoms with E-state index in [1.807, 2.05) is 6.26 Å². The van der Waals surface area contributed by atoms with E-state index in [1.165, 1.54) is 17.8 Å². The molecule has 0 bridgehead atoms. The molecular formula is C14H12F2N6S. The summed E-state index contributed by atoms with van der Waals surface area (Å²) in [5.41, 5.74) is 1.84. The second-order valence-corrected chi connectivity index (χ2v) is 6.09. The molecule has 2 atom stereocenters. The van der Waals surface area contributed by atoms with Crippen LogP contribution in [-0.4, -0.2) is 37.7 Å². The predicted octanol–water partition coefficient (Wildman–Crippen LogP) is 2.72. The van der Waals surface area contributed by atoms with Gasteiger partial charge < -0.3 is 5.32 Å². The van der Waals surface area contributed by atoms with Crippen LogP contribution in [0.3, 0.4) is 0 Å².